The van der Waals surface area contributed by atoms with Crippen molar-refractivity contribution in [1.29, 1.82) is 0 Å². The van der Waals surface area contributed by atoms with E-state index in [9.17, 15) is 18.3 Å². The molecular formula is C16H15Cl2NO4S. The van der Waals surface area contributed by atoms with Crippen molar-refractivity contribution < 1.29 is 18.3 Å². The number of hydrogen-bond acceptors (Lipinski definition) is 3. The third kappa shape index (κ3) is 4.27. The van der Waals surface area contributed by atoms with Crippen LogP contribution >= 0.6 is 23.2 Å². The minimum absolute atomic E-state index is 0.0304. The average molecular weight is 388 g/mol. The molecule has 1 N–H and O–H groups in total. The summed E-state index contributed by atoms with van der Waals surface area (Å²) >= 11 is 11.8. The first-order valence-electron chi connectivity index (χ1n) is 6.92. The minimum atomic E-state index is -3.94. The maximum absolute atomic E-state index is 12.6. The smallest absolute Gasteiger partial charge is 0.322 e. The standard InChI is InChI=1S/C16H15Cl2NO4S/c1-19(24(22,23)14-5-3-2-4-6-14)15(16(20)21)9-11-7-12(17)10-13(18)8-11/h2-8,10,15H,9H2,1H3,(H,20,21). The highest BCUT2D eigenvalue weighted by atomic mass is 35.5. The average Bonchev–Trinajstić information content (AvgIpc) is 2.51. The van der Waals surface area contributed by atoms with Gasteiger partial charge in [0.25, 0.3) is 0 Å². The van der Waals surface area contributed by atoms with Crippen LogP contribution in [0, 0.1) is 0 Å². The third-order valence-electron chi connectivity index (χ3n) is 3.50. The molecular weight excluding hydrogens is 373 g/mol. The summed E-state index contributed by atoms with van der Waals surface area (Å²) < 4.78 is 26.1. The van der Waals surface area contributed by atoms with Gasteiger partial charge in [0.1, 0.15) is 6.04 Å². The number of aliphatic carboxylic acids is 1. The number of halogens is 2. The van der Waals surface area contributed by atoms with E-state index >= 15 is 0 Å². The summed E-state index contributed by atoms with van der Waals surface area (Å²) in [7, 11) is -2.69. The zero-order chi connectivity index (χ0) is 17.9. The number of rotatable bonds is 6. The lowest BCUT2D eigenvalue weighted by molar-refractivity contribution is -0.141. The lowest BCUT2D eigenvalue weighted by Gasteiger charge is -2.24. The Hall–Kier alpha value is -1.60. The fourth-order valence-electron chi connectivity index (χ4n) is 2.25. The second-order valence-electron chi connectivity index (χ2n) is 5.17. The van der Waals surface area contributed by atoms with Gasteiger partial charge in [0.2, 0.25) is 10.0 Å². The van der Waals surface area contributed by atoms with E-state index in [0.29, 0.717) is 15.6 Å². The molecule has 0 fully saturated rings. The molecule has 0 saturated heterocycles. The van der Waals surface area contributed by atoms with Crippen LogP contribution < -0.4 is 0 Å². The SMILES string of the molecule is CN(C(Cc1cc(Cl)cc(Cl)c1)C(=O)O)S(=O)(=O)c1ccccc1. The highest BCUT2D eigenvalue weighted by molar-refractivity contribution is 7.89. The number of likely N-dealkylation sites (N-methyl/N-ethyl adjacent to an activating group) is 1. The number of carboxylic acids is 1. The third-order valence-corrected chi connectivity index (χ3v) is 5.81. The van der Waals surface area contributed by atoms with Crippen LogP contribution in [0.5, 0.6) is 0 Å². The van der Waals surface area contributed by atoms with Crippen molar-refractivity contribution in [3.05, 3.63) is 64.1 Å². The summed E-state index contributed by atoms with van der Waals surface area (Å²) in [6.07, 6.45) is -0.0574. The molecule has 8 heteroatoms. The Morgan fingerprint density at radius 3 is 2.17 bits per heavy atom. The van der Waals surface area contributed by atoms with Crippen LogP contribution in [-0.2, 0) is 21.2 Å². The zero-order valence-corrected chi connectivity index (χ0v) is 15.0. The molecule has 0 aliphatic rings. The van der Waals surface area contributed by atoms with Crippen LogP contribution in [0.3, 0.4) is 0 Å². The van der Waals surface area contributed by atoms with Gasteiger partial charge in [-0.15, -0.1) is 0 Å². The fraction of sp³-hybridized carbons (Fsp3) is 0.188. The summed E-state index contributed by atoms with van der Waals surface area (Å²) in [4.78, 5) is 11.7. The monoisotopic (exact) mass is 387 g/mol. The van der Waals surface area contributed by atoms with E-state index in [1.165, 1.54) is 25.2 Å². The van der Waals surface area contributed by atoms with Crippen molar-refractivity contribution in [1.82, 2.24) is 4.31 Å². The van der Waals surface area contributed by atoms with Crippen molar-refractivity contribution in [3.63, 3.8) is 0 Å². The molecule has 0 spiro atoms. The molecule has 24 heavy (non-hydrogen) atoms. The molecule has 128 valence electrons. The Kier molecular flexibility index (Phi) is 5.87. The molecule has 0 bridgehead atoms. The Balaban J connectivity index is 2.35. The molecule has 1 atom stereocenters. The van der Waals surface area contributed by atoms with E-state index < -0.39 is 22.0 Å². The summed E-state index contributed by atoms with van der Waals surface area (Å²) in [6.45, 7) is 0. The van der Waals surface area contributed by atoms with Crippen molar-refractivity contribution in [2.75, 3.05) is 7.05 Å². The summed E-state index contributed by atoms with van der Waals surface area (Å²) in [5.74, 6) is -1.26. The van der Waals surface area contributed by atoms with Crippen molar-refractivity contribution >= 4 is 39.2 Å². The fourth-order valence-corrected chi connectivity index (χ4v) is 4.15. The largest absolute Gasteiger partial charge is 0.480 e. The number of nitrogens with zero attached hydrogens (tertiary/aromatic N) is 1. The Morgan fingerprint density at radius 2 is 1.67 bits per heavy atom. The lowest BCUT2D eigenvalue weighted by Crippen LogP contribution is -2.43. The molecule has 0 aliphatic carbocycles. The van der Waals surface area contributed by atoms with Crippen LogP contribution in [0.4, 0.5) is 0 Å². The quantitative estimate of drug-likeness (QED) is 0.824. The van der Waals surface area contributed by atoms with Crippen LogP contribution in [0.2, 0.25) is 10.0 Å². The molecule has 0 amide bonds. The second kappa shape index (κ2) is 7.53. The Labute approximate surface area is 150 Å². The van der Waals surface area contributed by atoms with Gasteiger partial charge >= 0.3 is 5.97 Å². The molecule has 0 saturated carbocycles. The van der Waals surface area contributed by atoms with Gasteiger partial charge in [-0.1, -0.05) is 41.4 Å². The number of benzene rings is 2. The van der Waals surface area contributed by atoms with Crippen molar-refractivity contribution in [3.8, 4) is 0 Å². The first-order chi connectivity index (χ1) is 11.2. The highest BCUT2D eigenvalue weighted by Gasteiger charge is 2.33. The van der Waals surface area contributed by atoms with Crippen LogP contribution in [0.1, 0.15) is 5.56 Å². The number of carboxylic acid groups (broad SMARTS) is 1. The van der Waals surface area contributed by atoms with Crippen molar-refractivity contribution in [2.24, 2.45) is 0 Å². The van der Waals surface area contributed by atoms with Gasteiger partial charge in [0.05, 0.1) is 4.90 Å². The van der Waals surface area contributed by atoms with Gasteiger partial charge < -0.3 is 5.11 Å². The zero-order valence-electron chi connectivity index (χ0n) is 12.7. The number of carbonyl (C=O) groups is 1. The number of hydrogen-bond donors (Lipinski definition) is 1. The Morgan fingerprint density at radius 1 is 1.12 bits per heavy atom. The lowest BCUT2D eigenvalue weighted by atomic mass is 10.1. The molecule has 2 rings (SSSR count). The molecule has 0 aromatic heterocycles. The maximum Gasteiger partial charge on any atom is 0.322 e. The normalized spacial score (nSPS) is 13.0. The predicted octanol–water partition coefficient (Wildman–Crippen LogP) is 3.31. The van der Waals surface area contributed by atoms with Crippen molar-refractivity contribution in [2.45, 2.75) is 17.4 Å². The van der Waals surface area contributed by atoms with Gasteiger partial charge in [0.15, 0.2) is 0 Å². The van der Waals surface area contributed by atoms with E-state index in [0.717, 1.165) is 4.31 Å². The first-order valence-corrected chi connectivity index (χ1v) is 9.12. The number of sulfonamides is 1. The summed E-state index contributed by atoms with van der Waals surface area (Å²) in [5, 5.41) is 10.2. The first kappa shape index (κ1) is 18.7. The molecule has 0 heterocycles. The Bertz CT molecular complexity index is 820. The maximum atomic E-state index is 12.6. The molecule has 2 aromatic rings. The summed E-state index contributed by atoms with van der Waals surface area (Å²) in [5.41, 5.74) is 0.537. The molecule has 1 unspecified atom stereocenters. The minimum Gasteiger partial charge on any atom is -0.480 e. The van der Waals surface area contributed by atoms with Gasteiger partial charge in [0, 0.05) is 17.1 Å². The van der Waals surface area contributed by atoms with Gasteiger partial charge in [-0.25, -0.2) is 8.42 Å². The van der Waals surface area contributed by atoms with E-state index in [1.807, 2.05) is 0 Å². The molecule has 2 aromatic carbocycles. The van der Waals surface area contributed by atoms with E-state index in [1.54, 1.807) is 30.3 Å². The van der Waals surface area contributed by atoms with Gasteiger partial charge in [-0.2, -0.15) is 4.31 Å². The van der Waals surface area contributed by atoms with Gasteiger partial charge in [-0.05, 0) is 42.3 Å². The topological polar surface area (TPSA) is 74.7 Å². The van der Waals surface area contributed by atoms with E-state index in [2.05, 4.69) is 0 Å². The molecule has 0 radical (unpaired) electrons. The van der Waals surface area contributed by atoms with Gasteiger partial charge in [-0.3, -0.25) is 4.79 Å². The van der Waals surface area contributed by atoms with E-state index in [-0.39, 0.29) is 11.3 Å². The summed E-state index contributed by atoms with van der Waals surface area (Å²) in [6, 6.07) is 11.0. The highest BCUT2D eigenvalue weighted by Crippen LogP contribution is 2.23. The predicted molar refractivity (Wildman–Crippen MR) is 93.0 cm³/mol. The van der Waals surface area contributed by atoms with Crippen LogP contribution in [0.25, 0.3) is 0 Å². The molecule has 5 nitrogen and oxygen atoms in total. The van der Waals surface area contributed by atoms with E-state index in [4.69, 9.17) is 23.2 Å². The second-order valence-corrected chi connectivity index (χ2v) is 8.04. The van der Waals surface area contributed by atoms with Crippen LogP contribution in [0.15, 0.2) is 53.4 Å². The molecule has 0 aliphatic heterocycles. The van der Waals surface area contributed by atoms with Crippen LogP contribution in [-0.4, -0.2) is 36.9 Å².